The Morgan fingerprint density at radius 3 is 2.41 bits per heavy atom. The molecule has 0 spiro atoms. The highest BCUT2D eigenvalue weighted by Gasteiger charge is 2.35. The number of rotatable bonds is 3. The first-order chi connectivity index (χ1) is 10.5. The molecule has 2 aliphatic rings. The van der Waals surface area contributed by atoms with Gasteiger partial charge in [-0.25, -0.2) is 4.39 Å². The lowest BCUT2D eigenvalue weighted by molar-refractivity contribution is -0.135. The highest BCUT2D eigenvalue weighted by molar-refractivity contribution is 6.31. The molecule has 1 saturated heterocycles. The summed E-state index contributed by atoms with van der Waals surface area (Å²) in [5, 5.41) is 2.75. The fourth-order valence-corrected chi connectivity index (χ4v) is 2.95. The Labute approximate surface area is 133 Å². The van der Waals surface area contributed by atoms with Gasteiger partial charge in [-0.15, -0.1) is 0 Å². The van der Waals surface area contributed by atoms with Crippen LogP contribution >= 0.6 is 11.6 Å². The molecule has 1 N–H and O–H groups in total. The number of halogens is 2. The lowest BCUT2D eigenvalue weighted by atomic mass is 9.95. The van der Waals surface area contributed by atoms with Gasteiger partial charge in [-0.2, -0.15) is 0 Å². The Morgan fingerprint density at radius 1 is 1.14 bits per heavy atom. The van der Waals surface area contributed by atoms with Crippen molar-refractivity contribution in [3.63, 3.8) is 0 Å². The molecule has 0 unspecified atom stereocenters. The molecule has 6 heteroatoms. The number of amides is 2. The standard InChI is InChI=1S/C16H18ClFN2O2/c17-13-9-12(3-4-14(13)18)19-15(21)10-5-7-20(8-6-10)16(22)11-1-2-11/h3-4,9-11H,1-2,5-8H2,(H,19,21). The molecule has 1 saturated carbocycles. The third-order valence-corrected chi connectivity index (χ3v) is 4.58. The van der Waals surface area contributed by atoms with Crippen LogP contribution in [-0.2, 0) is 9.59 Å². The van der Waals surface area contributed by atoms with Gasteiger partial charge in [0.1, 0.15) is 5.82 Å². The van der Waals surface area contributed by atoms with E-state index >= 15 is 0 Å². The Morgan fingerprint density at radius 2 is 1.82 bits per heavy atom. The van der Waals surface area contributed by atoms with Crippen LogP contribution in [0, 0.1) is 17.7 Å². The topological polar surface area (TPSA) is 49.4 Å². The largest absolute Gasteiger partial charge is 0.342 e. The van der Waals surface area contributed by atoms with Crippen molar-refractivity contribution in [2.75, 3.05) is 18.4 Å². The summed E-state index contributed by atoms with van der Waals surface area (Å²) >= 11 is 5.70. The number of hydrogen-bond acceptors (Lipinski definition) is 2. The van der Waals surface area contributed by atoms with Crippen molar-refractivity contribution in [1.82, 2.24) is 4.90 Å². The fourth-order valence-electron chi connectivity index (χ4n) is 2.77. The maximum atomic E-state index is 13.1. The van der Waals surface area contributed by atoms with Crippen molar-refractivity contribution in [1.29, 1.82) is 0 Å². The Hall–Kier alpha value is -1.62. The highest BCUT2D eigenvalue weighted by Crippen LogP contribution is 2.32. The third kappa shape index (κ3) is 3.40. The van der Waals surface area contributed by atoms with E-state index in [1.54, 1.807) is 0 Å². The van der Waals surface area contributed by atoms with Crippen LogP contribution in [0.5, 0.6) is 0 Å². The molecule has 1 aliphatic carbocycles. The number of piperidine rings is 1. The van der Waals surface area contributed by atoms with Crippen LogP contribution in [0.15, 0.2) is 18.2 Å². The number of benzene rings is 1. The summed E-state index contributed by atoms with van der Waals surface area (Å²) < 4.78 is 13.1. The van der Waals surface area contributed by atoms with Gasteiger partial charge >= 0.3 is 0 Å². The molecule has 1 aromatic rings. The second-order valence-electron chi connectivity index (χ2n) is 5.99. The van der Waals surface area contributed by atoms with Gasteiger partial charge in [0.05, 0.1) is 5.02 Å². The molecule has 0 aromatic heterocycles. The monoisotopic (exact) mass is 324 g/mol. The smallest absolute Gasteiger partial charge is 0.227 e. The summed E-state index contributed by atoms with van der Waals surface area (Å²) in [4.78, 5) is 26.1. The molecule has 2 amide bonds. The number of hydrogen-bond donors (Lipinski definition) is 1. The van der Waals surface area contributed by atoms with Crippen LogP contribution in [0.3, 0.4) is 0 Å². The number of carbonyl (C=O) groups is 2. The summed E-state index contributed by atoms with van der Waals surface area (Å²) in [6, 6.07) is 4.13. The van der Waals surface area contributed by atoms with E-state index in [0.717, 1.165) is 12.8 Å². The Balaban J connectivity index is 1.53. The first-order valence-corrected chi connectivity index (χ1v) is 7.97. The summed E-state index contributed by atoms with van der Waals surface area (Å²) in [7, 11) is 0. The molecular weight excluding hydrogens is 307 g/mol. The maximum absolute atomic E-state index is 13.1. The SMILES string of the molecule is O=C(Nc1ccc(F)c(Cl)c1)C1CCN(C(=O)C2CC2)CC1. The normalized spacial score (nSPS) is 19.1. The fraction of sp³-hybridized carbons (Fsp3) is 0.500. The number of nitrogens with one attached hydrogen (secondary N) is 1. The summed E-state index contributed by atoms with van der Waals surface area (Å²) in [6.07, 6.45) is 3.34. The van der Waals surface area contributed by atoms with E-state index in [1.807, 2.05) is 4.90 Å². The van der Waals surface area contributed by atoms with Gasteiger partial charge in [0, 0.05) is 30.6 Å². The van der Waals surface area contributed by atoms with Gasteiger partial charge in [-0.05, 0) is 43.9 Å². The Bertz CT molecular complexity index is 596. The minimum Gasteiger partial charge on any atom is -0.342 e. The molecule has 4 nitrogen and oxygen atoms in total. The van der Waals surface area contributed by atoms with Crippen molar-refractivity contribution in [2.24, 2.45) is 11.8 Å². The summed E-state index contributed by atoms with van der Waals surface area (Å²) in [5.74, 6) is -0.254. The summed E-state index contributed by atoms with van der Waals surface area (Å²) in [5.41, 5.74) is 0.493. The van der Waals surface area contributed by atoms with E-state index in [9.17, 15) is 14.0 Å². The molecule has 0 atom stereocenters. The van der Waals surface area contributed by atoms with Crippen LogP contribution in [0.25, 0.3) is 0 Å². The molecule has 22 heavy (non-hydrogen) atoms. The van der Waals surface area contributed by atoms with E-state index in [2.05, 4.69) is 5.32 Å². The number of carbonyl (C=O) groups excluding carboxylic acids is 2. The lowest BCUT2D eigenvalue weighted by Crippen LogP contribution is -2.42. The molecule has 3 rings (SSSR count). The molecule has 1 aliphatic heterocycles. The summed E-state index contributed by atoms with van der Waals surface area (Å²) in [6.45, 7) is 1.27. The van der Waals surface area contributed by atoms with Crippen molar-refractivity contribution in [2.45, 2.75) is 25.7 Å². The maximum Gasteiger partial charge on any atom is 0.227 e. The zero-order valence-corrected chi connectivity index (χ0v) is 12.9. The van der Waals surface area contributed by atoms with Crippen LogP contribution in [0.2, 0.25) is 5.02 Å². The quantitative estimate of drug-likeness (QED) is 0.929. The Kier molecular flexibility index (Phi) is 4.34. The van der Waals surface area contributed by atoms with Crippen molar-refractivity contribution < 1.29 is 14.0 Å². The van der Waals surface area contributed by atoms with Gasteiger partial charge in [0.25, 0.3) is 0 Å². The van der Waals surface area contributed by atoms with Gasteiger partial charge in [0.15, 0.2) is 0 Å². The van der Waals surface area contributed by atoms with E-state index in [0.29, 0.717) is 31.6 Å². The van der Waals surface area contributed by atoms with Crippen LogP contribution in [0.4, 0.5) is 10.1 Å². The lowest BCUT2D eigenvalue weighted by Gasteiger charge is -2.31. The van der Waals surface area contributed by atoms with Gasteiger partial charge in [0.2, 0.25) is 11.8 Å². The van der Waals surface area contributed by atoms with E-state index in [4.69, 9.17) is 11.6 Å². The second kappa shape index (κ2) is 6.24. The van der Waals surface area contributed by atoms with Crippen molar-refractivity contribution in [3.05, 3.63) is 29.0 Å². The molecule has 1 aromatic carbocycles. The number of likely N-dealkylation sites (tertiary alicyclic amines) is 1. The molecule has 1 heterocycles. The van der Waals surface area contributed by atoms with E-state index < -0.39 is 5.82 Å². The minimum atomic E-state index is -0.508. The van der Waals surface area contributed by atoms with Crippen LogP contribution in [0.1, 0.15) is 25.7 Å². The number of anilines is 1. The molecular formula is C16H18ClFN2O2. The van der Waals surface area contributed by atoms with E-state index in [1.165, 1.54) is 18.2 Å². The molecule has 2 fully saturated rings. The van der Waals surface area contributed by atoms with Crippen molar-refractivity contribution >= 4 is 29.1 Å². The first kappa shape index (κ1) is 15.3. The second-order valence-corrected chi connectivity index (χ2v) is 6.40. The minimum absolute atomic E-state index is 0.0114. The van der Waals surface area contributed by atoms with Gasteiger partial charge in [-0.1, -0.05) is 11.6 Å². The third-order valence-electron chi connectivity index (χ3n) is 4.29. The highest BCUT2D eigenvalue weighted by atomic mass is 35.5. The number of nitrogens with zero attached hydrogens (tertiary/aromatic N) is 1. The van der Waals surface area contributed by atoms with Crippen LogP contribution < -0.4 is 5.32 Å². The zero-order chi connectivity index (χ0) is 15.7. The average Bonchev–Trinajstić information content (AvgIpc) is 3.35. The van der Waals surface area contributed by atoms with E-state index in [-0.39, 0.29) is 28.7 Å². The molecule has 118 valence electrons. The average molecular weight is 325 g/mol. The molecule has 0 radical (unpaired) electrons. The first-order valence-electron chi connectivity index (χ1n) is 7.59. The van der Waals surface area contributed by atoms with Gasteiger partial charge < -0.3 is 10.2 Å². The van der Waals surface area contributed by atoms with Crippen molar-refractivity contribution in [3.8, 4) is 0 Å². The van der Waals surface area contributed by atoms with Gasteiger partial charge in [-0.3, -0.25) is 9.59 Å². The zero-order valence-electron chi connectivity index (χ0n) is 12.1. The predicted octanol–water partition coefficient (Wildman–Crippen LogP) is 3.07. The van der Waals surface area contributed by atoms with Crippen LogP contribution in [-0.4, -0.2) is 29.8 Å². The molecule has 0 bridgehead atoms. The predicted molar refractivity (Wildman–Crippen MR) is 82.1 cm³/mol.